The summed E-state index contributed by atoms with van der Waals surface area (Å²) < 4.78 is 0.922. The van der Waals surface area contributed by atoms with Crippen molar-refractivity contribution < 1.29 is 26.1 Å². The van der Waals surface area contributed by atoms with E-state index in [9.17, 15) is 0 Å². The van der Waals surface area contributed by atoms with Crippen LogP contribution in [0.4, 0.5) is 0 Å². The number of rotatable bonds is 12. The van der Waals surface area contributed by atoms with Gasteiger partial charge in [0.25, 0.3) is 0 Å². The van der Waals surface area contributed by atoms with Gasteiger partial charge >= 0.3 is 136 Å². The van der Waals surface area contributed by atoms with E-state index in [2.05, 4.69) is 37.3 Å². The summed E-state index contributed by atoms with van der Waals surface area (Å²) in [5.74, 6) is 0. The van der Waals surface area contributed by atoms with Crippen LogP contribution >= 0.6 is 0 Å². The molecule has 1 aromatic carbocycles. The summed E-state index contributed by atoms with van der Waals surface area (Å²) >= 11 is 0.871. The molecule has 1 unspecified atom stereocenters. The zero-order valence-corrected chi connectivity index (χ0v) is 18.9. The molecule has 0 aliphatic heterocycles. The second kappa shape index (κ2) is 12.9. The maximum absolute atomic E-state index is 2.31. The molecule has 0 N–H and O–H groups in total. The van der Waals surface area contributed by atoms with Gasteiger partial charge < -0.3 is 0 Å². The molecule has 1 atom stereocenters. The Morgan fingerprint density at radius 3 is 1.80 bits per heavy atom. The second-order valence-electron chi connectivity index (χ2n) is 6.08. The van der Waals surface area contributed by atoms with E-state index in [1.54, 1.807) is 5.56 Å². The Hall–Kier alpha value is 0.155. The molecule has 1 heteroatoms. The van der Waals surface area contributed by atoms with Crippen molar-refractivity contribution in [3.8, 4) is 0 Å². The van der Waals surface area contributed by atoms with Crippen molar-refractivity contribution >= 4 is 0 Å². The molecule has 0 radical (unpaired) electrons. The summed E-state index contributed by atoms with van der Waals surface area (Å²) in [6.45, 7) is 2.29. The molecule has 0 spiro atoms. The molecule has 0 saturated carbocycles. The van der Waals surface area contributed by atoms with Crippen molar-refractivity contribution in [2.45, 2.75) is 81.0 Å². The zero-order chi connectivity index (χ0) is 14.5. The molecule has 0 aliphatic rings. The van der Waals surface area contributed by atoms with Gasteiger partial charge in [0.05, 0.1) is 0 Å². The Morgan fingerprint density at radius 2 is 1.25 bits per heavy atom. The van der Waals surface area contributed by atoms with E-state index in [-0.39, 0.29) is 0 Å². The first kappa shape index (κ1) is 18.2. The molecule has 0 fully saturated rings. The SMILES string of the molecule is CCCCCCCCCCCC[CH]([Hg])c1ccccc1. The van der Waals surface area contributed by atoms with Gasteiger partial charge in [-0.2, -0.15) is 0 Å². The number of benzene rings is 1. The summed E-state index contributed by atoms with van der Waals surface area (Å²) in [5, 5.41) is 0. The van der Waals surface area contributed by atoms with Crippen molar-refractivity contribution in [3.63, 3.8) is 0 Å². The van der Waals surface area contributed by atoms with Crippen molar-refractivity contribution in [1.82, 2.24) is 0 Å². The average Bonchev–Trinajstić information content (AvgIpc) is 2.50. The Balaban J connectivity index is 1.90. The second-order valence-corrected chi connectivity index (χ2v) is 9.91. The minimum absolute atomic E-state index is 0.871. The summed E-state index contributed by atoms with van der Waals surface area (Å²) in [4.78, 5) is 0. The third-order valence-electron chi connectivity index (χ3n) is 4.18. The van der Waals surface area contributed by atoms with Crippen molar-refractivity contribution in [2.75, 3.05) is 0 Å². The Labute approximate surface area is 142 Å². The van der Waals surface area contributed by atoms with Gasteiger partial charge in [-0.3, -0.25) is 0 Å². The normalized spacial score (nSPS) is 12.6. The van der Waals surface area contributed by atoms with Crippen LogP contribution in [-0.4, -0.2) is 0 Å². The van der Waals surface area contributed by atoms with Crippen molar-refractivity contribution in [2.24, 2.45) is 0 Å². The topological polar surface area (TPSA) is 0 Å². The predicted molar refractivity (Wildman–Crippen MR) is 85.6 cm³/mol. The van der Waals surface area contributed by atoms with Gasteiger partial charge in [0.15, 0.2) is 0 Å². The molecule has 0 bridgehead atoms. The third-order valence-corrected chi connectivity index (χ3v) is 7.60. The van der Waals surface area contributed by atoms with Crippen LogP contribution in [0.5, 0.6) is 0 Å². The van der Waals surface area contributed by atoms with E-state index in [1.807, 2.05) is 0 Å². The molecule has 0 saturated heterocycles. The number of unbranched alkanes of at least 4 members (excludes halogenated alkanes) is 9. The molecule has 1 rings (SSSR count). The first-order chi connectivity index (χ1) is 9.84. The first-order valence-electron chi connectivity index (χ1n) is 8.72. The van der Waals surface area contributed by atoms with Gasteiger partial charge in [0.2, 0.25) is 0 Å². The molecule has 0 amide bonds. The standard InChI is InChI=1S/C19H31.Hg/c1-2-3-4-5-6-7-8-9-10-11-13-16-19-17-14-12-15-18-19;/h12,14-18H,2-11,13H2,1H3;. The fourth-order valence-corrected chi connectivity index (χ4v) is 4.95. The third kappa shape index (κ3) is 9.16. The van der Waals surface area contributed by atoms with Crippen LogP contribution < -0.4 is 0 Å². The van der Waals surface area contributed by atoms with Gasteiger partial charge in [0.1, 0.15) is 0 Å². The van der Waals surface area contributed by atoms with Gasteiger partial charge in [-0.1, -0.05) is 6.92 Å². The van der Waals surface area contributed by atoms with E-state index in [4.69, 9.17) is 0 Å². The van der Waals surface area contributed by atoms with Gasteiger partial charge in [0, 0.05) is 0 Å². The molecule has 0 nitrogen and oxygen atoms in total. The van der Waals surface area contributed by atoms with Crippen molar-refractivity contribution in [1.29, 1.82) is 0 Å². The van der Waals surface area contributed by atoms with Crippen LogP contribution in [0.15, 0.2) is 30.3 Å². The van der Waals surface area contributed by atoms with Crippen LogP contribution in [0.3, 0.4) is 0 Å². The first-order valence-corrected chi connectivity index (χ1v) is 11.9. The number of hydrogen-bond acceptors (Lipinski definition) is 0. The fourth-order valence-electron chi connectivity index (χ4n) is 2.77. The summed E-state index contributed by atoms with van der Waals surface area (Å²) in [6, 6.07) is 11.1. The van der Waals surface area contributed by atoms with E-state index in [1.165, 1.54) is 70.6 Å². The van der Waals surface area contributed by atoms with E-state index in [0.717, 1.165) is 29.5 Å². The van der Waals surface area contributed by atoms with Crippen LogP contribution in [-0.2, 0) is 26.1 Å². The van der Waals surface area contributed by atoms with Crippen LogP contribution in [0.25, 0.3) is 0 Å². The fraction of sp³-hybridized carbons (Fsp3) is 0.684. The van der Waals surface area contributed by atoms with E-state index < -0.39 is 0 Å². The molecular formula is C19H31Hg. The predicted octanol–water partition coefficient (Wildman–Crippen LogP) is 6.59. The Bertz CT molecular complexity index is 307. The zero-order valence-electron chi connectivity index (χ0n) is 13.4. The van der Waals surface area contributed by atoms with Crippen LogP contribution in [0.1, 0.15) is 86.5 Å². The van der Waals surface area contributed by atoms with Crippen LogP contribution in [0, 0.1) is 0 Å². The molecule has 0 aliphatic carbocycles. The monoisotopic (exact) mass is 461 g/mol. The molecule has 0 heterocycles. The molecular weight excluding hydrogens is 429 g/mol. The minimum atomic E-state index is 0.871. The quantitative estimate of drug-likeness (QED) is 0.244. The molecule has 109 valence electrons. The van der Waals surface area contributed by atoms with Gasteiger partial charge in [-0.25, -0.2) is 0 Å². The molecule has 1 aromatic rings. The Morgan fingerprint density at radius 1 is 0.750 bits per heavy atom. The summed E-state index contributed by atoms with van der Waals surface area (Å²) in [5.41, 5.74) is 1.59. The average molecular weight is 460 g/mol. The van der Waals surface area contributed by atoms with Crippen LogP contribution in [0.2, 0.25) is 0 Å². The van der Waals surface area contributed by atoms with Crippen molar-refractivity contribution in [3.05, 3.63) is 35.9 Å². The summed E-state index contributed by atoms with van der Waals surface area (Å²) in [7, 11) is 0. The van der Waals surface area contributed by atoms with Gasteiger partial charge in [-0.15, -0.1) is 0 Å². The maximum atomic E-state index is 2.31. The number of hydrogen-bond donors (Lipinski definition) is 0. The Kier molecular flexibility index (Phi) is 11.7. The van der Waals surface area contributed by atoms with Gasteiger partial charge in [-0.05, 0) is 0 Å². The van der Waals surface area contributed by atoms with E-state index in [0.29, 0.717) is 0 Å². The molecule has 20 heavy (non-hydrogen) atoms. The molecule has 0 aromatic heterocycles. The van der Waals surface area contributed by atoms with E-state index >= 15 is 0 Å². The summed E-state index contributed by atoms with van der Waals surface area (Å²) in [6.07, 6.45) is 15.9.